The predicted molar refractivity (Wildman–Crippen MR) is 117 cm³/mol. The van der Waals surface area contributed by atoms with Gasteiger partial charge in [-0.05, 0) is 69.4 Å². The Bertz CT molecular complexity index is 869. The second kappa shape index (κ2) is 8.50. The zero-order valence-electron chi connectivity index (χ0n) is 18.0. The molecule has 0 amide bonds. The first-order valence-corrected chi connectivity index (χ1v) is 10.3. The highest BCUT2D eigenvalue weighted by atomic mass is 16.7. The zero-order valence-corrected chi connectivity index (χ0v) is 18.0. The number of para-hydroxylation sites is 1. The lowest BCUT2D eigenvalue weighted by Gasteiger charge is -2.39. The maximum atomic E-state index is 9.82. The van der Waals surface area contributed by atoms with Crippen LogP contribution in [0.3, 0.4) is 0 Å². The monoisotopic (exact) mass is 379 g/mol. The van der Waals surface area contributed by atoms with Crippen molar-refractivity contribution < 1.29 is 9.94 Å². The van der Waals surface area contributed by atoms with Crippen molar-refractivity contribution in [1.82, 2.24) is 0 Å². The van der Waals surface area contributed by atoms with E-state index in [0.717, 1.165) is 12.1 Å². The van der Waals surface area contributed by atoms with Gasteiger partial charge < -0.3 is 5.11 Å². The Labute approximate surface area is 169 Å². The van der Waals surface area contributed by atoms with Crippen LogP contribution in [-0.4, -0.2) is 17.3 Å². The fraction of sp³-hybridized carbons (Fsp3) is 0.440. The van der Waals surface area contributed by atoms with E-state index in [2.05, 4.69) is 75.2 Å². The molecule has 0 bridgehead atoms. The number of aliphatic hydroxyl groups excluding tert-OH is 1. The lowest BCUT2D eigenvalue weighted by molar-refractivity contribution is 0.00459. The smallest absolute Gasteiger partial charge is 0.100 e. The normalized spacial score (nSPS) is 18.5. The quantitative estimate of drug-likeness (QED) is 0.676. The molecule has 0 aromatic heterocycles. The van der Waals surface area contributed by atoms with E-state index in [-0.39, 0.29) is 12.1 Å². The highest BCUT2D eigenvalue weighted by molar-refractivity contribution is 5.79. The van der Waals surface area contributed by atoms with Gasteiger partial charge in [0.1, 0.15) is 6.04 Å². The first-order valence-electron chi connectivity index (χ1n) is 10.3. The summed E-state index contributed by atoms with van der Waals surface area (Å²) >= 11 is 0. The van der Waals surface area contributed by atoms with Crippen LogP contribution in [0.15, 0.2) is 42.5 Å². The van der Waals surface area contributed by atoms with E-state index in [4.69, 9.17) is 4.84 Å². The predicted octanol–water partition coefficient (Wildman–Crippen LogP) is 5.92. The number of benzene rings is 2. The van der Waals surface area contributed by atoms with Crippen molar-refractivity contribution in [3.05, 3.63) is 70.3 Å². The van der Waals surface area contributed by atoms with E-state index in [1.165, 1.54) is 33.4 Å². The van der Waals surface area contributed by atoms with Crippen LogP contribution in [0.5, 0.6) is 0 Å². The number of aliphatic hydroxyl groups is 1. The van der Waals surface area contributed by atoms with Crippen LogP contribution in [0.25, 0.3) is 5.57 Å². The van der Waals surface area contributed by atoms with Crippen LogP contribution in [0, 0.1) is 13.8 Å². The Morgan fingerprint density at radius 3 is 2.50 bits per heavy atom. The van der Waals surface area contributed by atoms with Crippen molar-refractivity contribution >= 4 is 11.3 Å². The SMILES string of the molecule is CCc1c(C)cc(C)cc1C1C=C(C)c2ccccc2N1OC(C)CC(C)O. The van der Waals surface area contributed by atoms with E-state index in [1.807, 2.05) is 13.8 Å². The van der Waals surface area contributed by atoms with E-state index in [9.17, 15) is 5.11 Å². The average molecular weight is 380 g/mol. The van der Waals surface area contributed by atoms with Gasteiger partial charge >= 0.3 is 0 Å². The summed E-state index contributed by atoms with van der Waals surface area (Å²) in [6, 6.07) is 13.0. The van der Waals surface area contributed by atoms with Gasteiger partial charge in [0, 0.05) is 12.0 Å². The van der Waals surface area contributed by atoms with Crippen LogP contribution in [0.4, 0.5) is 5.69 Å². The molecule has 150 valence electrons. The van der Waals surface area contributed by atoms with Crippen molar-refractivity contribution in [1.29, 1.82) is 0 Å². The molecule has 1 aliphatic rings. The molecule has 0 saturated carbocycles. The summed E-state index contributed by atoms with van der Waals surface area (Å²) < 4.78 is 0. The Kier molecular flexibility index (Phi) is 6.26. The molecule has 3 atom stereocenters. The second-order valence-electron chi connectivity index (χ2n) is 8.14. The van der Waals surface area contributed by atoms with E-state index >= 15 is 0 Å². The molecule has 0 radical (unpaired) electrons. The summed E-state index contributed by atoms with van der Waals surface area (Å²) in [6.45, 7) is 12.6. The van der Waals surface area contributed by atoms with Gasteiger partial charge in [0.2, 0.25) is 0 Å². The van der Waals surface area contributed by atoms with Gasteiger partial charge in [-0.15, -0.1) is 0 Å². The standard InChI is InChI=1S/C25H33NO2/c1-7-21-17(3)12-16(2)13-23(21)25-14-18(4)22-10-8-9-11-24(22)26(25)28-20(6)15-19(5)27/h8-14,19-20,25,27H,7,15H2,1-6H3. The number of fused-ring (bicyclic) bond motifs is 1. The molecule has 0 saturated heterocycles. The summed E-state index contributed by atoms with van der Waals surface area (Å²) in [4.78, 5) is 6.45. The Hall–Kier alpha value is -2.10. The van der Waals surface area contributed by atoms with E-state index in [1.54, 1.807) is 0 Å². The minimum atomic E-state index is -0.391. The third kappa shape index (κ3) is 4.16. The molecule has 3 unspecified atom stereocenters. The lowest BCUT2D eigenvalue weighted by atomic mass is 9.88. The summed E-state index contributed by atoms with van der Waals surface area (Å²) in [5.74, 6) is 0. The highest BCUT2D eigenvalue weighted by Crippen LogP contribution is 2.42. The summed E-state index contributed by atoms with van der Waals surface area (Å²) in [5, 5.41) is 11.9. The molecule has 3 heteroatoms. The first kappa shape index (κ1) is 20.6. The number of allylic oxidation sites excluding steroid dienone is 1. The Morgan fingerprint density at radius 2 is 1.82 bits per heavy atom. The topological polar surface area (TPSA) is 32.7 Å². The lowest BCUT2D eigenvalue weighted by Crippen LogP contribution is -2.35. The third-order valence-electron chi connectivity index (χ3n) is 5.52. The molecule has 1 aliphatic heterocycles. The molecule has 0 spiro atoms. The van der Waals surface area contributed by atoms with E-state index in [0.29, 0.717) is 6.42 Å². The van der Waals surface area contributed by atoms with Gasteiger partial charge in [0.15, 0.2) is 0 Å². The van der Waals surface area contributed by atoms with Crippen molar-refractivity contribution in [2.24, 2.45) is 0 Å². The van der Waals surface area contributed by atoms with Crippen molar-refractivity contribution in [3.63, 3.8) is 0 Å². The molecular formula is C25H33NO2. The van der Waals surface area contributed by atoms with Crippen molar-refractivity contribution in [2.75, 3.05) is 5.06 Å². The maximum Gasteiger partial charge on any atom is 0.100 e. The fourth-order valence-corrected chi connectivity index (χ4v) is 4.38. The highest BCUT2D eigenvalue weighted by Gasteiger charge is 2.30. The van der Waals surface area contributed by atoms with Crippen LogP contribution in [0.2, 0.25) is 0 Å². The molecule has 0 aliphatic carbocycles. The van der Waals surface area contributed by atoms with Gasteiger partial charge in [-0.25, -0.2) is 5.06 Å². The molecule has 2 aromatic rings. The van der Waals surface area contributed by atoms with Crippen LogP contribution < -0.4 is 5.06 Å². The number of anilines is 1. The fourth-order valence-electron chi connectivity index (χ4n) is 4.38. The summed E-state index contributed by atoms with van der Waals surface area (Å²) in [7, 11) is 0. The molecule has 2 aromatic carbocycles. The molecule has 1 N–H and O–H groups in total. The molecule has 0 fully saturated rings. The Balaban J connectivity index is 2.12. The van der Waals surface area contributed by atoms with Crippen LogP contribution >= 0.6 is 0 Å². The number of hydrogen-bond donors (Lipinski definition) is 1. The number of nitrogens with zero attached hydrogens (tertiary/aromatic N) is 1. The number of aryl methyl sites for hydroxylation is 2. The largest absolute Gasteiger partial charge is 0.393 e. The minimum absolute atomic E-state index is 0.0138. The molecular weight excluding hydrogens is 346 g/mol. The molecule has 28 heavy (non-hydrogen) atoms. The van der Waals surface area contributed by atoms with Crippen LogP contribution in [-0.2, 0) is 11.3 Å². The van der Waals surface area contributed by atoms with E-state index < -0.39 is 6.10 Å². The Morgan fingerprint density at radius 1 is 1.11 bits per heavy atom. The molecule has 3 nitrogen and oxygen atoms in total. The van der Waals surface area contributed by atoms with Crippen LogP contribution in [0.1, 0.15) is 68.0 Å². The first-order chi connectivity index (χ1) is 13.3. The van der Waals surface area contributed by atoms with Gasteiger partial charge in [0.25, 0.3) is 0 Å². The average Bonchev–Trinajstić information content (AvgIpc) is 2.62. The molecule has 3 rings (SSSR count). The second-order valence-corrected chi connectivity index (χ2v) is 8.14. The van der Waals surface area contributed by atoms with Gasteiger partial charge in [-0.3, -0.25) is 4.84 Å². The maximum absolute atomic E-state index is 9.82. The van der Waals surface area contributed by atoms with Crippen molar-refractivity contribution in [3.8, 4) is 0 Å². The van der Waals surface area contributed by atoms with Gasteiger partial charge in [-0.1, -0.05) is 48.9 Å². The minimum Gasteiger partial charge on any atom is -0.393 e. The third-order valence-corrected chi connectivity index (χ3v) is 5.52. The number of hydrogen-bond acceptors (Lipinski definition) is 3. The molecule has 1 heterocycles. The van der Waals surface area contributed by atoms with Crippen molar-refractivity contribution in [2.45, 2.75) is 72.6 Å². The summed E-state index contributed by atoms with van der Waals surface area (Å²) in [5.41, 5.74) is 8.85. The van der Waals surface area contributed by atoms with Gasteiger partial charge in [-0.2, -0.15) is 0 Å². The summed E-state index contributed by atoms with van der Waals surface area (Å²) in [6.07, 6.45) is 3.42. The number of rotatable bonds is 6. The number of hydroxylamine groups is 1. The zero-order chi connectivity index (χ0) is 20.4. The van der Waals surface area contributed by atoms with Gasteiger partial charge in [0.05, 0.1) is 17.9 Å².